The number of aliphatic hydroxyl groups excluding tert-OH is 1. The van der Waals surface area contributed by atoms with Crippen LogP contribution in [0.4, 0.5) is 0 Å². The van der Waals surface area contributed by atoms with Crippen molar-refractivity contribution in [1.82, 2.24) is 0 Å². The number of hydrogen-bond donors (Lipinski definition) is 1. The summed E-state index contributed by atoms with van der Waals surface area (Å²) < 4.78 is 12.2. The Hall–Kier alpha value is -0.740. The smallest absolute Gasteiger partial charge is 0.164 e. The largest absolute Gasteiger partial charge is 0.486 e. The van der Waals surface area contributed by atoms with Gasteiger partial charge in [-0.2, -0.15) is 0 Å². The van der Waals surface area contributed by atoms with Gasteiger partial charge in [-0.3, -0.25) is 0 Å². The van der Waals surface area contributed by atoms with Gasteiger partial charge in [0.15, 0.2) is 11.5 Å². The molecule has 16 heavy (non-hydrogen) atoms. The third-order valence-electron chi connectivity index (χ3n) is 2.65. The van der Waals surface area contributed by atoms with Gasteiger partial charge in [0, 0.05) is 16.5 Å². The lowest BCUT2D eigenvalue weighted by atomic mass is 10.0. The second kappa shape index (κ2) is 4.63. The lowest BCUT2D eigenvalue weighted by Gasteiger charge is -2.23. The van der Waals surface area contributed by atoms with Gasteiger partial charge in [-0.25, -0.2) is 0 Å². The molecule has 1 unspecified atom stereocenters. The van der Waals surface area contributed by atoms with E-state index < -0.39 is 0 Å². The Labute approximate surface area is 104 Å². The first-order valence-electron chi connectivity index (χ1n) is 5.35. The molecule has 0 saturated heterocycles. The first-order valence-corrected chi connectivity index (χ1v) is 6.14. The zero-order chi connectivity index (χ0) is 11.7. The molecule has 1 heterocycles. The maximum Gasteiger partial charge on any atom is 0.164 e. The number of rotatable bonds is 2. The predicted octanol–water partition coefficient (Wildman–Crippen LogP) is 2.45. The molecule has 0 radical (unpaired) electrons. The molecule has 2 rings (SSSR count). The lowest BCUT2D eigenvalue weighted by Crippen LogP contribution is -2.18. The predicted molar refractivity (Wildman–Crippen MR) is 65.3 cm³/mol. The summed E-state index contributed by atoms with van der Waals surface area (Å²) in [5, 5.41) is 9.51. The summed E-state index contributed by atoms with van der Waals surface area (Å²) >= 11 is 3.50. The first-order chi connectivity index (χ1) is 7.59. The van der Waals surface area contributed by atoms with Crippen LogP contribution in [0.3, 0.4) is 0 Å². The van der Waals surface area contributed by atoms with Crippen LogP contribution in [-0.4, -0.2) is 24.4 Å². The molecule has 0 aromatic heterocycles. The fourth-order valence-corrected chi connectivity index (χ4v) is 2.30. The second-order valence-electron chi connectivity index (χ2n) is 4.04. The Morgan fingerprint density at radius 3 is 2.81 bits per heavy atom. The monoisotopic (exact) mass is 286 g/mol. The lowest BCUT2D eigenvalue weighted by molar-refractivity contribution is 0.163. The Morgan fingerprint density at radius 2 is 2.12 bits per heavy atom. The molecule has 0 bridgehead atoms. The van der Waals surface area contributed by atoms with Gasteiger partial charge in [0.05, 0.1) is 6.10 Å². The molecule has 1 atom stereocenters. The van der Waals surface area contributed by atoms with Crippen molar-refractivity contribution in [2.24, 2.45) is 0 Å². The molecule has 1 N–H and O–H groups in total. The Morgan fingerprint density at radius 1 is 1.44 bits per heavy atom. The Balaban J connectivity index is 2.50. The van der Waals surface area contributed by atoms with Crippen LogP contribution in [-0.2, 0) is 6.42 Å². The summed E-state index contributed by atoms with van der Waals surface area (Å²) in [6.07, 6.45) is 0.194. The molecule has 1 aromatic rings. The quantitative estimate of drug-likeness (QED) is 0.908. The molecule has 0 saturated carbocycles. The number of benzene rings is 1. The summed E-state index contributed by atoms with van der Waals surface area (Å²) in [7, 11) is 0. The molecular formula is C12H15BrO3. The molecular weight excluding hydrogens is 272 g/mol. The maximum atomic E-state index is 9.51. The van der Waals surface area contributed by atoms with Crippen LogP contribution in [0.2, 0.25) is 0 Å². The van der Waals surface area contributed by atoms with Crippen molar-refractivity contribution < 1.29 is 14.6 Å². The van der Waals surface area contributed by atoms with Gasteiger partial charge in [-0.15, -0.1) is 0 Å². The zero-order valence-corrected chi connectivity index (χ0v) is 11.0. The fraction of sp³-hybridized carbons (Fsp3) is 0.500. The van der Waals surface area contributed by atoms with Crippen molar-refractivity contribution in [2.75, 3.05) is 13.2 Å². The number of ether oxygens (including phenoxy) is 2. The normalized spacial score (nSPS) is 16.0. The van der Waals surface area contributed by atoms with Crippen molar-refractivity contribution >= 4 is 15.9 Å². The van der Waals surface area contributed by atoms with Crippen LogP contribution in [0, 0.1) is 6.92 Å². The van der Waals surface area contributed by atoms with Crippen molar-refractivity contribution in [3.05, 3.63) is 21.7 Å². The summed E-state index contributed by atoms with van der Waals surface area (Å²) in [6.45, 7) is 4.94. The van der Waals surface area contributed by atoms with Gasteiger partial charge in [0.1, 0.15) is 13.2 Å². The molecule has 1 aliphatic rings. The van der Waals surface area contributed by atoms with Crippen molar-refractivity contribution in [1.29, 1.82) is 0 Å². The van der Waals surface area contributed by atoms with Gasteiger partial charge in [0.2, 0.25) is 0 Å². The van der Waals surface area contributed by atoms with Crippen molar-refractivity contribution in [3.8, 4) is 11.5 Å². The van der Waals surface area contributed by atoms with Crippen LogP contribution in [0.1, 0.15) is 18.1 Å². The molecule has 1 aromatic carbocycles. The van der Waals surface area contributed by atoms with E-state index in [0.29, 0.717) is 19.6 Å². The standard InChI is InChI=1S/C12H15BrO3/c1-7(14)5-9-8(2)10(13)6-11-12(9)16-4-3-15-11/h6-7,14H,3-5H2,1-2H3. The fourth-order valence-electron chi connectivity index (χ4n) is 1.85. The van der Waals surface area contributed by atoms with E-state index in [1.807, 2.05) is 13.0 Å². The highest BCUT2D eigenvalue weighted by Crippen LogP contribution is 2.40. The third kappa shape index (κ3) is 2.18. The number of fused-ring (bicyclic) bond motifs is 1. The minimum Gasteiger partial charge on any atom is -0.486 e. The van der Waals surface area contributed by atoms with Gasteiger partial charge >= 0.3 is 0 Å². The topological polar surface area (TPSA) is 38.7 Å². The SMILES string of the molecule is Cc1c(Br)cc2c(c1CC(C)O)OCCO2. The van der Waals surface area contributed by atoms with Crippen LogP contribution >= 0.6 is 15.9 Å². The summed E-state index contributed by atoms with van der Waals surface area (Å²) in [5.74, 6) is 1.55. The molecule has 0 amide bonds. The molecule has 88 valence electrons. The first kappa shape index (κ1) is 11.7. The van der Waals surface area contributed by atoms with E-state index in [0.717, 1.165) is 27.1 Å². The molecule has 0 spiro atoms. The van der Waals surface area contributed by atoms with Gasteiger partial charge in [-0.05, 0) is 25.5 Å². The van der Waals surface area contributed by atoms with Gasteiger partial charge in [0.25, 0.3) is 0 Å². The average Bonchev–Trinajstić information content (AvgIpc) is 2.24. The van der Waals surface area contributed by atoms with Crippen LogP contribution in [0.25, 0.3) is 0 Å². The summed E-state index contributed by atoms with van der Waals surface area (Å²) in [4.78, 5) is 0. The Bertz CT molecular complexity index is 402. The molecule has 0 fully saturated rings. The van der Waals surface area contributed by atoms with E-state index in [-0.39, 0.29) is 6.10 Å². The molecule has 3 nitrogen and oxygen atoms in total. The van der Waals surface area contributed by atoms with E-state index in [4.69, 9.17) is 9.47 Å². The van der Waals surface area contributed by atoms with E-state index in [2.05, 4.69) is 15.9 Å². The second-order valence-corrected chi connectivity index (χ2v) is 4.89. The van der Waals surface area contributed by atoms with E-state index >= 15 is 0 Å². The van der Waals surface area contributed by atoms with Crippen molar-refractivity contribution in [3.63, 3.8) is 0 Å². The highest BCUT2D eigenvalue weighted by atomic mass is 79.9. The Kier molecular flexibility index (Phi) is 3.40. The minimum absolute atomic E-state index is 0.386. The highest BCUT2D eigenvalue weighted by Gasteiger charge is 2.20. The average molecular weight is 287 g/mol. The maximum absolute atomic E-state index is 9.51. The van der Waals surface area contributed by atoms with Gasteiger partial charge < -0.3 is 14.6 Å². The van der Waals surface area contributed by atoms with Crippen molar-refractivity contribution in [2.45, 2.75) is 26.4 Å². The minimum atomic E-state index is -0.386. The number of hydrogen-bond acceptors (Lipinski definition) is 3. The number of aliphatic hydroxyl groups is 1. The van der Waals surface area contributed by atoms with E-state index in [1.165, 1.54) is 0 Å². The molecule has 0 aliphatic carbocycles. The highest BCUT2D eigenvalue weighted by molar-refractivity contribution is 9.10. The van der Waals surface area contributed by atoms with E-state index in [1.54, 1.807) is 6.92 Å². The van der Waals surface area contributed by atoms with Crippen LogP contribution in [0.5, 0.6) is 11.5 Å². The van der Waals surface area contributed by atoms with E-state index in [9.17, 15) is 5.11 Å². The number of halogens is 1. The third-order valence-corrected chi connectivity index (χ3v) is 3.48. The van der Waals surface area contributed by atoms with Gasteiger partial charge in [-0.1, -0.05) is 15.9 Å². The van der Waals surface area contributed by atoms with Crippen LogP contribution < -0.4 is 9.47 Å². The summed E-state index contributed by atoms with van der Waals surface area (Å²) in [5.41, 5.74) is 2.13. The summed E-state index contributed by atoms with van der Waals surface area (Å²) in [6, 6.07) is 1.93. The van der Waals surface area contributed by atoms with Crippen LogP contribution in [0.15, 0.2) is 10.5 Å². The molecule has 1 aliphatic heterocycles. The zero-order valence-electron chi connectivity index (χ0n) is 9.42. The molecule has 4 heteroatoms.